The van der Waals surface area contributed by atoms with E-state index in [2.05, 4.69) is 38.6 Å². The van der Waals surface area contributed by atoms with E-state index in [0.29, 0.717) is 0 Å². The van der Waals surface area contributed by atoms with E-state index in [-0.39, 0.29) is 5.91 Å². The predicted molar refractivity (Wildman–Crippen MR) is 128 cm³/mol. The maximum atomic E-state index is 12.5. The summed E-state index contributed by atoms with van der Waals surface area (Å²) in [5, 5.41) is 7.43. The number of carbonyl (C=O) groups excluding carboxylic acids is 1. The van der Waals surface area contributed by atoms with Crippen LogP contribution in [-0.2, 0) is 22.6 Å². The third kappa shape index (κ3) is 5.94. The van der Waals surface area contributed by atoms with Crippen LogP contribution in [0.15, 0.2) is 61.2 Å². The lowest BCUT2D eigenvalue weighted by molar-refractivity contribution is -0.111. The Hall–Kier alpha value is -3.29. The molecule has 1 aromatic carbocycles. The number of aromatic nitrogens is 3. The van der Waals surface area contributed by atoms with E-state index in [1.165, 1.54) is 18.4 Å². The molecule has 2 aromatic heterocycles. The molecule has 3 heterocycles. The van der Waals surface area contributed by atoms with E-state index >= 15 is 0 Å². The minimum absolute atomic E-state index is 0.171. The molecule has 1 saturated carbocycles. The van der Waals surface area contributed by atoms with Gasteiger partial charge in [0.15, 0.2) is 0 Å². The SMILES string of the molecule is O=C(/C=C/c1cnccc1-c1cnn(CC2CC2)c1)Nc1ccc(CN2CCOCC2)cc1. The van der Waals surface area contributed by atoms with Gasteiger partial charge in [0.1, 0.15) is 0 Å². The first kappa shape index (κ1) is 21.6. The number of hydrogen-bond acceptors (Lipinski definition) is 5. The molecule has 7 nitrogen and oxygen atoms in total. The van der Waals surface area contributed by atoms with Crippen LogP contribution < -0.4 is 5.32 Å². The van der Waals surface area contributed by atoms with Crippen molar-refractivity contribution < 1.29 is 9.53 Å². The number of morpholine rings is 1. The molecule has 1 aliphatic heterocycles. The average Bonchev–Trinajstić information content (AvgIpc) is 3.54. The smallest absolute Gasteiger partial charge is 0.248 e. The minimum Gasteiger partial charge on any atom is -0.379 e. The van der Waals surface area contributed by atoms with Crippen LogP contribution in [0, 0.1) is 5.92 Å². The third-order valence-corrected chi connectivity index (χ3v) is 6.08. The highest BCUT2D eigenvalue weighted by atomic mass is 16.5. The second kappa shape index (κ2) is 10.1. The van der Waals surface area contributed by atoms with E-state index in [4.69, 9.17) is 4.74 Å². The fraction of sp³-hybridized carbons (Fsp3) is 0.346. The molecule has 1 amide bonds. The van der Waals surface area contributed by atoms with Crippen LogP contribution in [0.3, 0.4) is 0 Å². The van der Waals surface area contributed by atoms with Crippen LogP contribution in [-0.4, -0.2) is 51.9 Å². The molecule has 3 aromatic rings. The van der Waals surface area contributed by atoms with Crippen molar-refractivity contribution in [3.05, 3.63) is 72.3 Å². The second-order valence-corrected chi connectivity index (χ2v) is 8.77. The molecule has 5 rings (SSSR count). The summed E-state index contributed by atoms with van der Waals surface area (Å²) in [7, 11) is 0. The number of ether oxygens (including phenoxy) is 1. The number of rotatable bonds is 8. The summed E-state index contributed by atoms with van der Waals surface area (Å²) in [5.41, 5.74) is 4.95. The van der Waals surface area contributed by atoms with Crippen LogP contribution in [0.1, 0.15) is 24.0 Å². The summed E-state index contributed by atoms with van der Waals surface area (Å²) in [6.07, 6.45) is 13.5. The number of amides is 1. The number of nitrogens with one attached hydrogen (secondary N) is 1. The van der Waals surface area contributed by atoms with Crippen molar-refractivity contribution in [2.75, 3.05) is 31.6 Å². The number of benzene rings is 1. The van der Waals surface area contributed by atoms with Gasteiger partial charge in [-0.15, -0.1) is 0 Å². The molecule has 0 spiro atoms. The molecule has 0 radical (unpaired) electrons. The van der Waals surface area contributed by atoms with Crippen molar-refractivity contribution in [1.82, 2.24) is 19.7 Å². The Morgan fingerprint density at radius 1 is 1.12 bits per heavy atom. The topological polar surface area (TPSA) is 72.3 Å². The zero-order chi connectivity index (χ0) is 22.5. The van der Waals surface area contributed by atoms with E-state index < -0.39 is 0 Å². The van der Waals surface area contributed by atoms with Gasteiger partial charge in [0.25, 0.3) is 0 Å². The lowest BCUT2D eigenvalue weighted by Gasteiger charge is -2.26. The molecule has 2 aliphatic rings. The average molecular weight is 444 g/mol. The molecule has 33 heavy (non-hydrogen) atoms. The van der Waals surface area contributed by atoms with Gasteiger partial charge < -0.3 is 10.1 Å². The highest BCUT2D eigenvalue weighted by Gasteiger charge is 2.22. The Morgan fingerprint density at radius 2 is 1.94 bits per heavy atom. The number of anilines is 1. The number of carbonyl (C=O) groups is 1. The molecular formula is C26H29N5O2. The van der Waals surface area contributed by atoms with Gasteiger partial charge in [0, 0.05) is 67.7 Å². The van der Waals surface area contributed by atoms with Crippen LogP contribution in [0.4, 0.5) is 5.69 Å². The third-order valence-electron chi connectivity index (χ3n) is 6.08. The zero-order valence-electron chi connectivity index (χ0n) is 18.7. The van der Waals surface area contributed by atoms with Crippen LogP contribution in [0.2, 0.25) is 0 Å². The van der Waals surface area contributed by atoms with Crippen molar-refractivity contribution in [2.45, 2.75) is 25.9 Å². The Morgan fingerprint density at radius 3 is 2.73 bits per heavy atom. The molecule has 0 bridgehead atoms. The van der Waals surface area contributed by atoms with Crippen molar-refractivity contribution in [3.63, 3.8) is 0 Å². The molecule has 1 saturated heterocycles. The molecule has 2 fully saturated rings. The molecule has 7 heteroatoms. The Labute approximate surface area is 194 Å². The largest absolute Gasteiger partial charge is 0.379 e. The van der Waals surface area contributed by atoms with Gasteiger partial charge >= 0.3 is 0 Å². The standard InChI is InChI=1S/C26H29N5O2/c32-26(29-24-6-3-20(4-7-24)17-30-11-13-33-14-12-30)8-5-22-15-27-10-9-25(22)23-16-28-31(19-23)18-21-1-2-21/h3-10,15-16,19,21H,1-2,11-14,17-18H2,(H,29,32)/b8-5+. The van der Waals surface area contributed by atoms with E-state index in [9.17, 15) is 4.79 Å². The Balaban J connectivity index is 1.20. The van der Waals surface area contributed by atoms with Gasteiger partial charge in [-0.1, -0.05) is 12.1 Å². The highest BCUT2D eigenvalue weighted by Crippen LogP contribution is 2.31. The summed E-state index contributed by atoms with van der Waals surface area (Å²) in [5.74, 6) is 0.599. The highest BCUT2D eigenvalue weighted by molar-refractivity contribution is 6.02. The quantitative estimate of drug-likeness (QED) is 0.536. The van der Waals surface area contributed by atoms with Crippen molar-refractivity contribution in [3.8, 4) is 11.1 Å². The first-order valence-electron chi connectivity index (χ1n) is 11.6. The summed E-state index contributed by atoms with van der Waals surface area (Å²) < 4.78 is 7.41. The Bertz CT molecular complexity index is 1110. The van der Waals surface area contributed by atoms with Crippen LogP contribution in [0.5, 0.6) is 0 Å². The van der Waals surface area contributed by atoms with E-state index in [0.717, 1.165) is 67.7 Å². The zero-order valence-corrected chi connectivity index (χ0v) is 18.7. The molecule has 0 unspecified atom stereocenters. The molecule has 170 valence electrons. The summed E-state index contributed by atoms with van der Waals surface area (Å²) in [6.45, 7) is 5.38. The van der Waals surface area contributed by atoms with Gasteiger partial charge in [-0.05, 0) is 54.2 Å². The second-order valence-electron chi connectivity index (χ2n) is 8.77. The Kier molecular flexibility index (Phi) is 6.60. The fourth-order valence-corrected chi connectivity index (χ4v) is 4.03. The minimum atomic E-state index is -0.171. The van der Waals surface area contributed by atoms with Gasteiger partial charge in [-0.2, -0.15) is 5.10 Å². The molecule has 1 aliphatic carbocycles. The fourth-order valence-electron chi connectivity index (χ4n) is 4.03. The number of pyridine rings is 1. The van der Waals surface area contributed by atoms with E-state index in [1.807, 2.05) is 35.2 Å². The lowest BCUT2D eigenvalue weighted by Crippen LogP contribution is -2.35. The van der Waals surface area contributed by atoms with Gasteiger partial charge in [-0.3, -0.25) is 19.4 Å². The maximum absolute atomic E-state index is 12.5. The van der Waals surface area contributed by atoms with Gasteiger partial charge in [0.05, 0.1) is 19.4 Å². The van der Waals surface area contributed by atoms with Crippen molar-refractivity contribution >= 4 is 17.7 Å². The predicted octanol–water partition coefficient (Wildman–Crippen LogP) is 3.84. The summed E-state index contributed by atoms with van der Waals surface area (Å²) in [6, 6.07) is 9.99. The van der Waals surface area contributed by atoms with Crippen molar-refractivity contribution in [2.24, 2.45) is 5.92 Å². The number of hydrogen-bond donors (Lipinski definition) is 1. The normalized spacial score (nSPS) is 16.8. The summed E-state index contributed by atoms with van der Waals surface area (Å²) in [4.78, 5) is 19.1. The first-order valence-corrected chi connectivity index (χ1v) is 11.6. The number of nitrogens with zero attached hydrogens (tertiary/aromatic N) is 4. The monoisotopic (exact) mass is 443 g/mol. The van der Waals surface area contributed by atoms with Gasteiger partial charge in [0.2, 0.25) is 5.91 Å². The maximum Gasteiger partial charge on any atom is 0.248 e. The van der Waals surface area contributed by atoms with Crippen molar-refractivity contribution in [1.29, 1.82) is 0 Å². The molecular weight excluding hydrogens is 414 g/mol. The van der Waals surface area contributed by atoms with Crippen LogP contribution in [0.25, 0.3) is 17.2 Å². The van der Waals surface area contributed by atoms with Gasteiger partial charge in [-0.25, -0.2) is 0 Å². The lowest BCUT2D eigenvalue weighted by atomic mass is 10.0. The molecule has 1 N–H and O–H groups in total. The van der Waals surface area contributed by atoms with Crippen LogP contribution >= 0.6 is 0 Å². The first-order chi connectivity index (χ1) is 16.2. The molecule has 0 atom stereocenters. The summed E-state index contributed by atoms with van der Waals surface area (Å²) >= 11 is 0. The van der Waals surface area contributed by atoms with E-state index in [1.54, 1.807) is 18.5 Å².